The van der Waals surface area contributed by atoms with Gasteiger partial charge in [-0.15, -0.1) is 0 Å². The molecular weight excluding hydrogens is 236 g/mol. The van der Waals surface area contributed by atoms with Gasteiger partial charge in [-0.3, -0.25) is 4.99 Å². The summed E-state index contributed by atoms with van der Waals surface area (Å²) in [5.41, 5.74) is 0. The summed E-state index contributed by atoms with van der Waals surface area (Å²) in [5.74, 6) is 1.66. The highest BCUT2D eigenvalue weighted by molar-refractivity contribution is 5.79. The van der Waals surface area contributed by atoms with Gasteiger partial charge in [-0.2, -0.15) is 0 Å². The summed E-state index contributed by atoms with van der Waals surface area (Å²) in [6.07, 6.45) is 2.63. The summed E-state index contributed by atoms with van der Waals surface area (Å²) in [7, 11) is 0. The molecule has 0 radical (unpaired) electrons. The first-order valence-corrected chi connectivity index (χ1v) is 7.81. The van der Waals surface area contributed by atoms with Gasteiger partial charge in [-0.25, -0.2) is 0 Å². The molecule has 1 atom stereocenters. The van der Waals surface area contributed by atoms with E-state index < -0.39 is 0 Å². The number of hydrogen-bond donors (Lipinski definition) is 2. The van der Waals surface area contributed by atoms with Gasteiger partial charge in [-0.1, -0.05) is 0 Å². The van der Waals surface area contributed by atoms with E-state index in [1.165, 1.54) is 25.9 Å². The predicted molar refractivity (Wildman–Crippen MR) is 83.7 cm³/mol. The van der Waals surface area contributed by atoms with Crippen molar-refractivity contribution < 1.29 is 0 Å². The van der Waals surface area contributed by atoms with Crippen molar-refractivity contribution in [1.82, 2.24) is 15.5 Å². The fraction of sp³-hybridized carbons (Fsp3) is 0.933. The van der Waals surface area contributed by atoms with Crippen LogP contribution in [0, 0.1) is 5.92 Å². The van der Waals surface area contributed by atoms with E-state index in [0.717, 1.165) is 19.0 Å². The van der Waals surface area contributed by atoms with Crippen LogP contribution in [0.15, 0.2) is 4.99 Å². The van der Waals surface area contributed by atoms with Crippen LogP contribution >= 0.6 is 0 Å². The largest absolute Gasteiger partial charge is 0.357 e. The van der Waals surface area contributed by atoms with Crippen molar-refractivity contribution in [3.63, 3.8) is 0 Å². The van der Waals surface area contributed by atoms with E-state index in [1.54, 1.807) is 0 Å². The van der Waals surface area contributed by atoms with Crippen molar-refractivity contribution in [2.45, 2.75) is 59.5 Å². The van der Waals surface area contributed by atoms with E-state index in [-0.39, 0.29) is 0 Å². The molecule has 0 aromatic carbocycles. The molecule has 1 heterocycles. The summed E-state index contributed by atoms with van der Waals surface area (Å²) in [6.45, 7) is 15.3. The highest BCUT2D eigenvalue weighted by Gasteiger charge is 2.21. The van der Waals surface area contributed by atoms with Crippen LogP contribution in [0.4, 0.5) is 0 Å². The average molecular weight is 268 g/mol. The van der Waals surface area contributed by atoms with Gasteiger partial charge in [0.1, 0.15) is 0 Å². The molecule has 0 spiro atoms. The van der Waals surface area contributed by atoms with Crippen molar-refractivity contribution in [1.29, 1.82) is 0 Å². The molecule has 2 N–H and O–H groups in total. The first-order chi connectivity index (χ1) is 9.02. The minimum atomic E-state index is 0.427. The second kappa shape index (κ2) is 8.41. The topological polar surface area (TPSA) is 39.7 Å². The lowest BCUT2D eigenvalue weighted by atomic mass is 9.97. The third-order valence-electron chi connectivity index (χ3n) is 3.56. The van der Waals surface area contributed by atoms with Crippen LogP contribution in [-0.2, 0) is 0 Å². The van der Waals surface area contributed by atoms with E-state index in [0.29, 0.717) is 18.0 Å². The lowest BCUT2D eigenvalue weighted by molar-refractivity contribution is 0.143. The molecule has 4 nitrogen and oxygen atoms in total. The van der Waals surface area contributed by atoms with Crippen molar-refractivity contribution in [3.05, 3.63) is 0 Å². The number of rotatable bonds is 5. The SMILES string of the molecule is CCNC(=NCC1CCCN(C(C)C)C1)NC(C)C. The highest BCUT2D eigenvalue weighted by Crippen LogP contribution is 2.18. The molecule has 1 aliphatic rings. The number of aliphatic imine (C=N–C) groups is 1. The Morgan fingerprint density at radius 1 is 1.32 bits per heavy atom. The minimum absolute atomic E-state index is 0.427. The van der Waals surface area contributed by atoms with Crippen LogP contribution in [0.2, 0.25) is 0 Å². The first kappa shape index (κ1) is 16.3. The zero-order valence-electron chi connectivity index (χ0n) is 13.4. The van der Waals surface area contributed by atoms with Gasteiger partial charge in [0.2, 0.25) is 0 Å². The van der Waals surface area contributed by atoms with E-state index in [2.05, 4.69) is 50.2 Å². The first-order valence-electron chi connectivity index (χ1n) is 7.81. The van der Waals surface area contributed by atoms with Gasteiger partial charge in [0.25, 0.3) is 0 Å². The third-order valence-corrected chi connectivity index (χ3v) is 3.56. The molecular formula is C15H32N4. The van der Waals surface area contributed by atoms with Crippen LogP contribution in [-0.4, -0.2) is 49.1 Å². The Morgan fingerprint density at radius 3 is 2.63 bits per heavy atom. The Balaban J connectivity index is 2.47. The second-order valence-electron chi connectivity index (χ2n) is 6.12. The summed E-state index contributed by atoms with van der Waals surface area (Å²) in [5, 5.41) is 6.69. The Kier molecular flexibility index (Phi) is 7.21. The molecule has 0 aromatic rings. The van der Waals surface area contributed by atoms with Crippen molar-refractivity contribution in [2.24, 2.45) is 10.9 Å². The van der Waals surface area contributed by atoms with E-state index in [9.17, 15) is 0 Å². The smallest absolute Gasteiger partial charge is 0.191 e. The Morgan fingerprint density at radius 2 is 2.05 bits per heavy atom. The maximum atomic E-state index is 4.74. The number of likely N-dealkylation sites (tertiary alicyclic amines) is 1. The molecule has 4 heteroatoms. The molecule has 1 fully saturated rings. The van der Waals surface area contributed by atoms with Gasteiger partial charge in [0.15, 0.2) is 5.96 Å². The van der Waals surface area contributed by atoms with Crippen molar-refractivity contribution in [3.8, 4) is 0 Å². The monoisotopic (exact) mass is 268 g/mol. The van der Waals surface area contributed by atoms with Crippen LogP contribution in [0.1, 0.15) is 47.5 Å². The van der Waals surface area contributed by atoms with Crippen molar-refractivity contribution in [2.75, 3.05) is 26.2 Å². The molecule has 0 aliphatic carbocycles. The molecule has 1 rings (SSSR count). The molecule has 112 valence electrons. The predicted octanol–water partition coefficient (Wildman–Crippen LogP) is 2.07. The molecule has 0 amide bonds. The molecule has 0 bridgehead atoms. The number of hydrogen-bond acceptors (Lipinski definition) is 2. The standard InChI is InChI=1S/C15H32N4/c1-6-16-15(18-12(2)3)17-10-14-8-7-9-19(11-14)13(4)5/h12-14H,6-11H2,1-5H3,(H2,16,17,18). The van der Waals surface area contributed by atoms with Crippen LogP contribution in [0.5, 0.6) is 0 Å². The number of guanidine groups is 1. The molecule has 1 aliphatic heterocycles. The molecule has 0 aromatic heterocycles. The van der Waals surface area contributed by atoms with Crippen LogP contribution < -0.4 is 10.6 Å². The van der Waals surface area contributed by atoms with E-state index >= 15 is 0 Å². The molecule has 1 saturated heterocycles. The number of nitrogens with zero attached hydrogens (tertiary/aromatic N) is 2. The van der Waals surface area contributed by atoms with Gasteiger partial charge < -0.3 is 15.5 Å². The zero-order chi connectivity index (χ0) is 14.3. The van der Waals surface area contributed by atoms with Gasteiger partial charge in [0.05, 0.1) is 0 Å². The minimum Gasteiger partial charge on any atom is -0.357 e. The quantitative estimate of drug-likeness (QED) is 0.592. The Hall–Kier alpha value is -0.770. The maximum Gasteiger partial charge on any atom is 0.191 e. The van der Waals surface area contributed by atoms with Gasteiger partial charge in [0, 0.05) is 31.7 Å². The molecule has 19 heavy (non-hydrogen) atoms. The molecule has 0 saturated carbocycles. The molecule has 1 unspecified atom stereocenters. The lowest BCUT2D eigenvalue weighted by Gasteiger charge is -2.34. The van der Waals surface area contributed by atoms with Gasteiger partial charge in [-0.05, 0) is 59.9 Å². The number of piperidine rings is 1. The van der Waals surface area contributed by atoms with Crippen molar-refractivity contribution >= 4 is 5.96 Å². The summed E-state index contributed by atoms with van der Waals surface area (Å²) in [4.78, 5) is 7.31. The van der Waals surface area contributed by atoms with E-state index in [1.807, 2.05) is 0 Å². The number of nitrogens with one attached hydrogen (secondary N) is 2. The summed E-state index contributed by atoms with van der Waals surface area (Å²) in [6, 6.07) is 1.09. The fourth-order valence-corrected chi connectivity index (χ4v) is 2.53. The Bertz CT molecular complexity index is 273. The highest BCUT2D eigenvalue weighted by atomic mass is 15.2. The maximum absolute atomic E-state index is 4.74. The average Bonchev–Trinajstić information content (AvgIpc) is 2.36. The normalized spacial score (nSPS) is 22.1. The third kappa shape index (κ3) is 6.28. The Labute approximate surface area is 119 Å². The zero-order valence-corrected chi connectivity index (χ0v) is 13.4. The van der Waals surface area contributed by atoms with Crippen LogP contribution in [0.3, 0.4) is 0 Å². The van der Waals surface area contributed by atoms with Crippen LogP contribution in [0.25, 0.3) is 0 Å². The van der Waals surface area contributed by atoms with E-state index in [4.69, 9.17) is 4.99 Å². The summed E-state index contributed by atoms with van der Waals surface area (Å²) < 4.78 is 0. The lowest BCUT2D eigenvalue weighted by Crippen LogP contribution is -2.43. The second-order valence-corrected chi connectivity index (χ2v) is 6.12. The summed E-state index contributed by atoms with van der Waals surface area (Å²) >= 11 is 0. The fourth-order valence-electron chi connectivity index (χ4n) is 2.53. The van der Waals surface area contributed by atoms with Gasteiger partial charge >= 0.3 is 0 Å².